The number of nitrogens with zero attached hydrogens (tertiary/aromatic N) is 4. The van der Waals surface area contributed by atoms with Crippen LogP contribution >= 0.6 is 12.2 Å². The third-order valence-corrected chi connectivity index (χ3v) is 6.74. The summed E-state index contributed by atoms with van der Waals surface area (Å²) in [7, 11) is 1.68. The molecule has 172 valence electrons. The number of rotatable bonds is 6. The summed E-state index contributed by atoms with van der Waals surface area (Å²) in [6, 6.07) is 20.2. The van der Waals surface area contributed by atoms with E-state index in [4.69, 9.17) is 17.0 Å². The van der Waals surface area contributed by atoms with E-state index in [1.54, 1.807) is 13.3 Å². The van der Waals surface area contributed by atoms with E-state index < -0.39 is 0 Å². The highest BCUT2D eigenvalue weighted by molar-refractivity contribution is 7.80. The van der Waals surface area contributed by atoms with Crippen molar-refractivity contribution in [3.8, 4) is 5.75 Å². The Hall–Kier alpha value is -3.71. The third kappa shape index (κ3) is 4.03. The number of pyridine rings is 2. The molecule has 1 aliphatic rings. The number of ether oxygens (including phenoxy) is 1. The number of nitrogens with one attached hydrogen (secondary N) is 1. The number of aryl methyl sites for hydroxylation is 1. The number of methoxy groups -OCH3 is 1. The van der Waals surface area contributed by atoms with E-state index in [1.165, 1.54) is 22.5 Å². The van der Waals surface area contributed by atoms with Gasteiger partial charge < -0.3 is 19.5 Å². The maximum absolute atomic E-state index is 5.88. The molecule has 0 saturated carbocycles. The Morgan fingerprint density at radius 3 is 2.65 bits per heavy atom. The molecule has 1 aliphatic heterocycles. The normalized spacial score (nSPS) is 17.6. The van der Waals surface area contributed by atoms with Gasteiger partial charge in [0.25, 0.3) is 0 Å². The minimum atomic E-state index is -0.0905. The zero-order valence-electron chi connectivity index (χ0n) is 19.5. The summed E-state index contributed by atoms with van der Waals surface area (Å²) >= 11 is 5.88. The molecule has 4 aromatic rings. The largest absolute Gasteiger partial charge is 0.497 e. The Balaban J connectivity index is 1.62. The molecule has 0 spiro atoms. The third-order valence-electron chi connectivity index (χ3n) is 6.42. The molecule has 4 heterocycles. The quantitative estimate of drug-likeness (QED) is 0.395. The molecule has 0 aliphatic carbocycles. The number of thiocarbonyl (C=S) groups is 1. The van der Waals surface area contributed by atoms with E-state index in [0.717, 1.165) is 23.7 Å². The maximum Gasteiger partial charge on any atom is 0.174 e. The van der Waals surface area contributed by atoms with Gasteiger partial charge in [0.15, 0.2) is 5.11 Å². The summed E-state index contributed by atoms with van der Waals surface area (Å²) in [6.45, 7) is 5.10. The van der Waals surface area contributed by atoms with Crippen LogP contribution in [0, 0.1) is 13.8 Å². The van der Waals surface area contributed by atoms with Crippen molar-refractivity contribution >= 4 is 23.0 Å². The molecule has 1 saturated heterocycles. The van der Waals surface area contributed by atoms with Crippen LogP contribution in [0.3, 0.4) is 0 Å². The van der Waals surface area contributed by atoms with Gasteiger partial charge in [0, 0.05) is 48.3 Å². The van der Waals surface area contributed by atoms with Gasteiger partial charge in [-0.1, -0.05) is 18.2 Å². The molecule has 7 heteroatoms. The molecular weight excluding hydrogens is 442 g/mol. The average Bonchev–Trinajstić information content (AvgIpc) is 3.36. The summed E-state index contributed by atoms with van der Waals surface area (Å²) in [5.74, 6) is 0.794. The zero-order chi connectivity index (χ0) is 23.7. The highest BCUT2D eigenvalue weighted by Crippen LogP contribution is 2.43. The number of hydrogen-bond acceptors (Lipinski definition) is 4. The molecular formula is C27H27N5OS. The number of aromatic nitrogens is 3. The first kappa shape index (κ1) is 22.1. The first-order valence-corrected chi connectivity index (χ1v) is 11.7. The minimum absolute atomic E-state index is 0.0663. The maximum atomic E-state index is 5.88. The smallest absolute Gasteiger partial charge is 0.174 e. The lowest BCUT2D eigenvalue weighted by atomic mass is 9.96. The van der Waals surface area contributed by atoms with E-state index in [9.17, 15) is 0 Å². The van der Waals surface area contributed by atoms with Crippen molar-refractivity contribution in [2.45, 2.75) is 32.5 Å². The van der Waals surface area contributed by atoms with Crippen LogP contribution in [0.5, 0.6) is 5.75 Å². The molecule has 0 radical (unpaired) electrons. The fraction of sp³-hybridized carbons (Fsp3) is 0.222. The van der Waals surface area contributed by atoms with Gasteiger partial charge in [-0.15, -0.1) is 0 Å². The van der Waals surface area contributed by atoms with Crippen molar-refractivity contribution < 1.29 is 4.74 Å². The molecule has 0 bridgehead atoms. The van der Waals surface area contributed by atoms with Crippen LogP contribution in [-0.4, -0.2) is 26.8 Å². The predicted octanol–water partition coefficient (Wildman–Crippen LogP) is 5.13. The molecule has 2 unspecified atom stereocenters. The van der Waals surface area contributed by atoms with Crippen LogP contribution in [0.15, 0.2) is 79.3 Å². The van der Waals surface area contributed by atoms with Gasteiger partial charge in [0.1, 0.15) is 5.75 Å². The van der Waals surface area contributed by atoms with E-state index in [0.29, 0.717) is 5.11 Å². The minimum Gasteiger partial charge on any atom is -0.497 e. The van der Waals surface area contributed by atoms with Gasteiger partial charge in [-0.3, -0.25) is 9.97 Å². The van der Waals surface area contributed by atoms with Crippen molar-refractivity contribution in [1.29, 1.82) is 0 Å². The second-order valence-electron chi connectivity index (χ2n) is 8.47. The van der Waals surface area contributed by atoms with Crippen molar-refractivity contribution in [3.05, 3.63) is 107 Å². The van der Waals surface area contributed by atoms with Gasteiger partial charge in [0.05, 0.1) is 24.9 Å². The first-order chi connectivity index (χ1) is 16.6. The van der Waals surface area contributed by atoms with E-state index in [1.807, 2.05) is 48.8 Å². The summed E-state index contributed by atoms with van der Waals surface area (Å²) in [5.41, 5.74) is 6.72. The van der Waals surface area contributed by atoms with Crippen LogP contribution < -0.4 is 15.0 Å². The lowest BCUT2D eigenvalue weighted by molar-refractivity contribution is 0.415. The Bertz CT molecular complexity index is 1310. The van der Waals surface area contributed by atoms with Gasteiger partial charge in [0.2, 0.25) is 0 Å². The molecule has 3 aromatic heterocycles. The van der Waals surface area contributed by atoms with Gasteiger partial charge in [-0.2, -0.15) is 0 Å². The second-order valence-corrected chi connectivity index (χ2v) is 8.86. The Morgan fingerprint density at radius 1 is 1.03 bits per heavy atom. The highest BCUT2D eigenvalue weighted by Gasteiger charge is 2.42. The summed E-state index contributed by atoms with van der Waals surface area (Å²) < 4.78 is 7.84. The molecule has 0 amide bonds. The molecule has 6 nitrogen and oxygen atoms in total. The molecule has 34 heavy (non-hydrogen) atoms. The van der Waals surface area contributed by atoms with Crippen LogP contribution in [-0.2, 0) is 6.54 Å². The molecule has 5 rings (SSSR count). The fourth-order valence-electron chi connectivity index (χ4n) is 4.75. The monoisotopic (exact) mass is 469 g/mol. The summed E-state index contributed by atoms with van der Waals surface area (Å²) in [5, 5.41) is 4.22. The Kier molecular flexibility index (Phi) is 6.02. The lowest BCUT2D eigenvalue weighted by Crippen LogP contribution is -2.29. The topological polar surface area (TPSA) is 55.2 Å². The SMILES string of the molecule is COc1cccc(N2C(=S)NC(c3ccccn3)C2c2cc(C)n(Cc3cccnc3)c2C)c1. The highest BCUT2D eigenvalue weighted by atomic mass is 32.1. The molecule has 2 atom stereocenters. The van der Waals surface area contributed by atoms with Gasteiger partial charge in [-0.25, -0.2) is 0 Å². The number of benzene rings is 1. The van der Waals surface area contributed by atoms with Crippen LogP contribution in [0.4, 0.5) is 5.69 Å². The second kappa shape index (κ2) is 9.27. The van der Waals surface area contributed by atoms with Crippen LogP contribution in [0.25, 0.3) is 0 Å². The lowest BCUT2D eigenvalue weighted by Gasteiger charge is -2.28. The van der Waals surface area contributed by atoms with E-state index >= 15 is 0 Å². The summed E-state index contributed by atoms with van der Waals surface area (Å²) in [4.78, 5) is 11.1. The van der Waals surface area contributed by atoms with Crippen molar-refractivity contribution in [3.63, 3.8) is 0 Å². The fourth-order valence-corrected chi connectivity index (χ4v) is 5.10. The molecule has 1 N–H and O–H groups in total. The van der Waals surface area contributed by atoms with Crippen molar-refractivity contribution in [2.24, 2.45) is 0 Å². The number of hydrogen-bond donors (Lipinski definition) is 1. The molecule has 1 aromatic carbocycles. The average molecular weight is 470 g/mol. The van der Waals surface area contributed by atoms with E-state index in [-0.39, 0.29) is 12.1 Å². The number of anilines is 1. The van der Waals surface area contributed by atoms with Crippen molar-refractivity contribution in [2.75, 3.05) is 12.0 Å². The van der Waals surface area contributed by atoms with Gasteiger partial charge >= 0.3 is 0 Å². The predicted molar refractivity (Wildman–Crippen MR) is 138 cm³/mol. The first-order valence-electron chi connectivity index (χ1n) is 11.3. The zero-order valence-corrected chi connectivity index (χ0v) is 20.3. The standard InChI is InChI=1S/C27H27N5OS/c1-18-14-23(19(2)31(18)17-20-8-7-12-28-16-20)26-25(24-11-4-5-13-29-24)30-27(34)32(26)21-9-6-10-22(15-21)33-3/h4-16,25-26H,17H2,1-3H3,(H,30,34). The van der Waals surface area contributed by atoms with Gasteiger partial charge in [-0.05, 0) is 73.6 Å². The Morgan fingerprint density at radius 2 is 1.91 bits per heavy atom. The molecule has 1 fully saturated rings. The van der Waals surface area contributed by atoms with Crippen LogP contribution in [0.2, 0.25) is 0 Å². The van der Waals surface area contributed by atoms with Crippen molar-refractivity contribution in [1.82, 2.24) is 19.9 Å². The Labute approximate surface area is 205 Å². The van der Waals surface area contributed by atoms with Crippen LogP contribution in [0.1, 0.15) is 40.3 Å². The summed E-state index contributed by atoms with van der Waals surface area (Å²) in [6.07, 6.45) is 5.56. The van der Waals surface area contributed by atoms with E-state index in [2.05, 4.69) is 62.9 Å².